The highest BCUT2D eigenvalue weighted by atomic mass is 16.5. The van der Waals surface area contributed by atoms with Crippen molar-refractivity contribution < 1.29 is 14.3 Å². The highest BCUT2D eigenvalue weighted by Crippen LogP contribution is 2.24. The Morgan fingerprint density at radius 1 is 1.35 bits per heavy atom. The molecule has 0 spiro atoms. The van der Waals surface area contributed by atoms with E-state index >= 15 is 0 Å². The van der Waals surface area contributed by atoms with E-state index in [1.807, 2.05) is 6.92 Å². The van der Waals surface area contributed by atoms with Crippen molar-refractivity contribution >= 4 is 17.6 Å². The fraction of sp³-hybridized carbons (Fsp3) is 0.200. The number of nitrogens with one attached hydrogen (secondary N) is 1. The summed E-state index contributed by atoms with van der Waals surface area (Å²) in [7, 11) is 0. The number of hydrogen-bond acceptors (Lipinski definition) is 6. The summed E-state index contributed by atoms with van der Waals surface area (Å²) in [4.78, 5) is 19.8. The smallest absolute Gasteiger partial charge is 0.411 e. The van der Waals surface area contributed by atoms with Crippen LogP contribution in [0.3, 0.4) is 0 Å². The topological polar surface area (TPSA) is 90.6 Å². The summed E-state index contributed by atoms with van der Waals surface area (Å²) in [5, 5.41) is 6.70. The zero-order valence-electron chi connectivity index (χ0n) is 12.7. The summed E-state index contributed by atoms with van der Waals surface area (Å²) in [6, 6.07) is 8.73. The molecule has 0 saturated carbocycles. The minimum absolute atomic E-state index is 0.308. The molecule has 1 amide bonds. The lowest BCUT2D eigenvalue weighted by atomic mass is 10.3. The lowest BCUT2D eigenvalue weighted by Gasteiger charge is -2.10. The van der Waals surface area contributed by atoms with Gasteiger partial charge in [-0.2, -0.15) is 14.6 Å². The number of aromatic nitrogens is 4. The largest absolute Gasteiger partial charge is 0.450 e. The van der Waals surface area contributed by atoms with E-state index in [1.165, 1.54) is 10.8 Å². The van der Waals surface area contributed by atoms with Crippen LogP contribution < -0.4 is 10.1 Å². The number of amides is 1. The van der Waals surface area contributed by atoms with Crippen LogP contribution in [0.25, 0.3) is 5.78 Å². The van der Waals surface area contributed by atoms with Crippen LogP contribution in [0.2, 0.25) is 0 Å². The summed E-state index contributed by atoms with van der Waals surface area (Å²) in [6.07, 6.45) is 0.899. The molecule has 1 N–H and O–H groups in total. The fourth-order valence-electron chi connectivity index (χ4n) is 2.01. The van der Waals surface area contributed by atoms with E-state index in [0.29, 0.717) is 29.7 Å². The van der Waals surface area contributed by atoms with Crippen molar-refractivity contribution in [2.75, 3.05) is 11.9 Å². The lowest BCUT2D eigenvalue weighted by Crippen LogP contribution is -2.13. The summed E-state index contributed by atoms with van der Waals surface area (Å²) in [5.41, 5.74) is 1.34. The Morgan fingerprint density at radius 3 is 3.04 bits per heavy atom. The molecular formula is C15H15N5O3. The first-order chi connectivity index (χ1) is 11.2. The van der Waals surface area contributed by atoms with Crippen LogP contribution >= 0.6 is 0 Å². The third kappa shape index (κ3) is 3.37. The van der Waals surface area contributed by atoms with Gasteiger partial charge in [-0.05, 0) is 26.0 Å². The Kier molecular flexibility index (Phi) is 4.05. The van der Waals surface area contributed by atoms with Crippen molar-refractivity contribution in [2.24, 2.45) is 0 Å². The first-order valence-corrected chi connectivity index (χ1v) is 7.05. The molecule has 118 valence electrons. The Balaban J connectivity index is 1.84. The van der Waals surface area contributed by atoms with E-state index in [-0.39, 0.29) is 0 Å². The second-order valence-corrected chi connectivity index (χ2v) is 4.68. The van der Waals surface area contributed by atoms with E-state index in [0.717, 1.165) is 5.69 Å². The van der Waals surface area contributed by atoms with Crippen molar-refractivity contribution in [3.8, 4) is 11.6 Å². The van der Waals surface area contributed by atoms with Crippen LogP contribution in [0.4, 0.5) is 10.5 Å². The maximum Gasteiger partial charge on any atom is 0.411 e. The molecule has 0 unspecified atom stereocenters. The predicted molar refractivity (Wildman–Crippen MR) is 82.7 cm³/mol. The molecule has 8 heteroatoms. The average molecular weight is 313 g/mol. The Hall–Kier alpha value is -3.16. The zero-order valence-corrected chi connectivity index (χ0v) is 12.7. The van der Waals surface area contributed by atoms with Gasteiger partial charge in [-0.15, -0.1) is 0 Å². The molecular weight excluding hydrogens is 298 g/mol. The van der Waals surface area contributed by atoms with Gasteiger partial charge in [0.05, 0.1) is 6.61 Å². The maximum atomic E-state index is 11.5. The third-order valence-electron chi connectivity index (χ3n) is 2.93. The van der Waals surface area contributed by atoms with Gasteiger partial charge in [0.15, 0.2) is 0 Å². The van der Waals surface area contributed by atoms with Gasteiger partial charge in [0.25, 0.3) is 5.78 Å². The number of rotatable bonds is 4. The molecule has 0 fully saturated rings. The van der Waals surface area contributed by atoms with E-state index in [4.69, 9.17) is 9.47 Å². The van der Waals surface area contributed by atoms with E-state index < -0.39 is 6.09 Å². The summed E-state index contributed by atoms with van der Waals surface area (Å²) in [6.45, 7) is 3.90. The van der Waals surface area contributed by atoms with Crippen LogP contribution in [-0.2, 0) is 4.74 Å². The molecule has 2 heterocycles. The zero-order chi connectivity index (χ0) is 16.2. The van der Waals surface area contributed by atoms with Crippen LogP contribution in [-0.4, -0.2) is 32.3 Å². The normalized spacial score (nSPS) is 10.5. The van der Waals surface area contributed by atoms with Gasteiger partial charge < -0.3 is 9.47 Å². The summed E-state index contributed by atoms with van der Waals surface area (Å²) in [5.74, 6) is 1.49. The standard InChI is InChI=1S/C15H15N5O3/c1-3-22-15(21)19-11-5-4-6-12(8-11)23-13-7-10(2)18-14-16-9-17-20(13)14/h4-9H,3H2,1-2H3,(H,19,21). The van der Waals surface area contributed by atoms with Gasteiger partial charge in [0, 0.05) is 23.5 Å². The molecule has 0 radical (unpaired) electrons. The van der Waals surface area contributed by atoms with E-state index in [9.17, 15) is 4.79 Å². The molecule has 23 heavy (non-hydrogen) atoms. The van der Waals surface area contributed by atoms with Crippen LogP contribution in [0.5, 0.6) is 11.6 Å². The number of benzene rings is 1. The fourth-order valence-corrected chi connectivity index (χ4v) is 2.01. The highest BCUT2D eigenvalue weighted by molar-refractivity contribution is 5.84. The van der Waals surface area contributed by atoms with E-state index in [2.05, 4.69) is 20.4 Å². The Morgan fingerprint density at radius 2 is 2.22 bits per heavy atom. The lowest BCUT2D eigenvalue weighted by molar-refractivity contribution is 0.168. The number of aryl methyl sites for hydroxylation is 1. The van der Waals surface area contributed by atoms with E-state index in [1.54, 1.807) is 37.3 Å². The molecule has 0 aliphatic rings. The minimum Gasteiger partial charge on any atom is -0.450 e. The van der Waals surface area contributed by atoms with Gasteiger partial charge >= 0.3 is 6.09 Å². The van der Waals surface area contributed by atoms with Crippen LogP contribution in [0.1, 0.15) is 12.6 Å². The van der Waals surface area contributed by atoms with Crippen LogP contribution in [0, 0.1) is 6.92 Å². The van der Waals surface area contributed by atoms with Crippen molar-refractivity contribution in [3.63, 3.8) is 0 Å². The van der Waals surface area contributed by atoms with Gasteiger partial charge in [0.2, 0.25) is 5.88 Å². The molecule has 3 aromatic rings. The number of nitrogens with zero attached hydrogens (tertiary/aromatic N) is 4. The monoisotopic (exact) mass is 313 g/mol. The average Bonchev–Trinajstić information content (AvgIpc) is 2.96. The second-order valence-electron chi connectivity index (χ2n) is 4.68. The number of hydrogen-bond donors (Lipinski definition) is 1. The summed E-state index contributed by atoms with van der Waals surface area (Å²) < 4.78 is 12.2. The quantitative estimate of drug-likeness (QED) is 0.796. The summed E-state index contributed by atoms with van der Waals surface area (Å²) >= 11 is 0. The maximum absolute atomic E-state index is 11.5. The van der Waals surface area contributed by atoms with Crippen molar-refractivity contribution in [3.05, 3.63) is 42.4 Å². The minimum atomic E-state index is -0.511. The predicted octanol–water partition coefficient (Wildman–Crippen LogP) is 2.79. The van der Waals surface area contributed by atoms with Gasteiger partial charge in [-0.25, -0.2) is 9.78 Å². The number of carbonyl (C=O) groups excluding carboxylic acids is 1. The first kappa shape index (κ1) is 14.8. The number of anilines is 1. The molecule has 0 atom stereocenters. The molecule has 2 aromatic heterocycles. The highest BCUT2D eigenvalue weighted by Gasteiger charge is 2.09. The first-order valence-electron chi connectivity index (χ1n) is 7.05. The Labute approximate surface area is 132 Å². The molecule has 0 aliphatic carbocycles. The molecule has 8 nitrogen and oxygen atoms in total. The van der Waals surface area contributed by atoms with Crippen molar-refractivity contribution in [1.82, 2.24) is 19.6 Å². The molecule has 0 saturated heterocycles. The number of carbonyl (C=O) groups is 1. The van der Waals surface area contributed by atoms with Crippen molar-refractivity contribution in [1.29, 1.82) is 0 Å². The van der Waals surface area contributed by atoms with Crippen LogP contribution in [0.15, 0.2) is 36.7 Å². The van der Waals surface area contributed by atoms with Gasteiger partial charge in [0.1, 0.15) is 12.1 Å². The molecule has 1 aromatic carbocycles. The molecule has 0 bridgehead atoms. The van der Waals surface area contributed by atoms with Gasteiger partial charge in [-0.1, -0.05) is 6.07 Å². The number of ether oxygens (including phenoxy) is 2. The third-order valence-corrected chi connectivity index (χ3v) is 2.93. The SMILES string of the molecule is CCOC(=O)Nc1cccc(Oc2cc(C)nc3ncnn23)c1. The number of fused-ring (bicyclic) bond motifs is 1. The van der Waals surface area contributed by atoms with Gasteiger partial charge in [-0.3, -0.25) is 5.32 Å². The molecule has 0 aliphatic heterocycles. The Bertz CT molecular complexity index is 846. The second kappa shape index (κ2) is 6.30. The van der Waals surface area contributed by atoms with Crippen molar-refractivity contribution in [2.45, 2.75) is 13.8 Å². The molecule has 3 rings (SSSR count).